The van der Waals surface area contributed by atoms with Crippen LogP contribution in [0.5, 0.6) is 5.75 Å². The van der Waals surface area contributed by atoms with Gasteiger partial charge in [0.15, 0.2) is 5.78 Å². The number of likely N-dealkylation sites (N-methyl/N-ethyl adjacent to an activating group) is 1. The van der Waals surface area contributed by atoms with E-state index in [0.29, 0.717) is 17.9 Å². The number of carbonyl (C=O) groups is 1. The summed E-state index contributed by atoms with van der Waals surface area (Å²) < 4.78 is 43.2. The average molecular weight is 380 g/mol. The number of ketones is 1. The van der Waals surface area contributed by atoms with Crippen molar-refractivity contribution in [2.24, 2.45) is 0 Å². The number of hydrogen-bond donors (Lipinski definition) is 1. The van der Waals surface area contributed by atoms with Crippen LogP contribution >= 0.6 is 0 Å². The average Bonchev–Trinajstić information content (AvgIpc) is 2.64. The van der Waals surface area contributed by atoms with Crippen LogP contribution < -0.4 is 10.1 Å². The van der Waals surface area contributed by atoms with Gasteiger partial charge in [0.25, 0.3) is 0 Å². The van der Waals surface area contributed by atoms with Gasteiger partial charge in [0.05, 0.1) is 19.2 Å². The van der Waals surface area contributed by atoms with Crippen molar-refractivity contribution in [1.29, 1.82) is 0 Å². The zero-order valence-electron chi connectivity index (χ0n) is 15.5. The highest BCUT2D eigenvalue weighted by Gasteiger charge is 2.30. The maximum atomic E-state index is 12.7. The number of Topliss-reactive ketones (excluding diaryl/α,β-unsaturated/α-hetero) is 1. The molecule has 2 rings (SSSR count). The van der Waals surface area contributed by atoms with Crippen LogP contribution in [0, 0.1) is 0 Å². The molecule has 0 radical (unpaired) electrons. The van der Waals surface area contributed by atoms with E-state index in [-0.39, 0.29) is 18.4 Å². The predicted molar refractivity (Wildman–Crippen MR) is 98.1 cm³/mol. The van der Waals surface area contributed by atoms with Crippen LogP contribution in [0.4, 0.5) is 13.2 Å². The van der Waals surface area contributed by atoms with Gasteiger partial charge in [-0.25, -0.2) is 0 Å². The third-order valence-corrected chi connectivity index (χ3v) is 4.28. The highest BCUT2D eigenvalue weighted by molar-refractivity contribution is 5.97. The van der Waals surface area contributed by atoms with Gasteiger partial charge in [-0.05, 0) is 56.1 Å². The van der Waals surface area contributed by atoms with E-state index >= 15 is 0 Å². The van der Waals surface area contributed by atoms with E-state index in [4.69, 9.17) is 4.74 Å². The lowest BCUT2D eigenvalue weighted by atomic mass is 10.0. The van der Waals surface area contributed by atoms with Crippen molar-refractivity contribution < 1.29 is 22.7 Å². The molecule has 1 N–H and O–H groups in total. The third-order valence-electron chi connectivity index (χ3n) is 4.28. The van der Waals surface area contributed by atoms with Gasteiger partial charge < -0.3 is 15.0 Å². The molecule has 0 heterocycles. The monoisotopic (exact) mass is 380 g/mol. The van der Waals surface area contributed by atoms with E-state index in [2.05, 4.69) is 5.32 Å². The minimum atomic E-state index is -4.35. The van der Waals surface area contributed by atoms with E-state index in [1.807, 2.05) is 19.0 Å². The first-order valence-corrected chi connectivity index (χ1v) is 8.44. The number of methoxy groups -OCH3 is 1. The Bertz CT molecular complexity index is 741. The van der Waals surface area contributed by atoms with Crippen LogP contribution in [-0.4, -0.2) is 45.0 Å². The first-order chi connectivity index (χ1) is 12.7. The van der Waals surface area contributed by atoms with Gasteiger partial charge in [0, 0.05) is 18.2 Å². The van der Waals surface area contributed by atoms with E-state index in [0.717, 1.165) is 17.7 Å². The number of carbonyl (C=O) groups excluding carboxylic acids is 1. The Labute approximate surface area is 156 Å². The lowest BCUT2D eigenvalue weighted by molar-refractivity contribution is -0.137. The Balaban J connectivity index is 1.97. The standard InChI is InChI=1S/C20H23F3N2O2/c1-25(2)18(14-4-8-16(9-5-14)20(21,22)23)12-24-13-19(26)15-6-10-17(27-3)11-7-15/h4-11,18,24H,12-13H2,1-3H3. The number of halogens is 3. The molecular weight excluding hydrogens is 357 g/mol. The summed E-state index contributed by atoms with van der Waals surface area (Å²) in [5.74, 6) is 0.608. The largest absolute Gasteiger partial charge is 0.497 e. The van der Waals surface area contributed by atoms with Crippen LogP contribution in [0.3, 0.4) is 0 Å². The minimum Gasteiger partial charge on any atom is -0.497 e. The quantitative estimate of drug-likeness (QED) is 0.708. The molecule has 2 aromatic rings. The van der Waals surface area contributed by atoms with Crippen molar-refractivity contribution in [2.75, 3.05) is 34.3 Å². The summed E-state index contributed by atoms with van der Waals surface area (Å²) in [4.78, 5) is 14.1. The van der Waals surface area contributed by atoms with Crippen LogP contribution in [0.15, 0.2) is 48.5 Å². The van der Waals surface area contributed by atoms with E-state index in [1.54, 1.807) is 31.4 Å². The second-order valence-corrected chi connectivity index (χ2v) is 6.38. The van der Waals surface area contributed by atoms with Gasteiger partial charge in [0.1, 0.15) is 5.75 Å². The molecule has 0 aromatic heterocycles. The number of alkyl halides is 3. The Morgan fingerprint density at radius 1 is 1.07 bits per heavy atom. The number of hydrogen-bond acceptors (Lipinski definition) is 4. The summed E-state index contributed by atoms with van der Waals surface area (Å²) in [5.41, 5.74) is 0.642. The number of nitrogens with zero attached hydrogens (tertiary/aromatic N) is 1. The van der Waals surface area contributed by atoms with Gasteiger partial charge in [-0.15, -0.1) is 0 Å². The maximum Gasteiger partial charge on any atom is 0.416 e. The Hall–Kier alpha value is -2.38. The van der Waals surface area contributed by atoms with E-state index in [9.17, 15) is 18.0 Å². The molecule has 0 aliphatic rings. The molecule has 0 aliphatic heterocycles. The van der Waals surface area contributed by atoms with Gasteiger partial charge >= 0.3 is 6.18 Å². The van der Waals surface area contributed by atoms with Crippen LogP contribution in [0.1, 0.15) is 27.5 Å². The number of nitrogens with one attached hydrogen (secondary N) is 1. The lowest BCUT2D eigenvalue weighted by Crippen LogP contribution is -2.33. The van der Waals surface area contributed by atoms with Crippen LogP contribution in [0.2, 0.25) is 0 Å². The van der Waals surface area contributed by atoms with Gasteiger partial charge in [0.2, 0.25) is 0 Å². The highest BCUT2D eigenvalue weighted by Crippen LogP contribution is 2.30. The Morgan fingerprint density at radius 3 is 2.15 bits per heavy atom. The van der Waals surface area contributed by atoms with E-state index < -0.39 is 11.7 Å². The molecule has 7 heteroatoms. The normalized spacial score (nSPS) is 12.9. The van der Waals surface area contributed by atoms with Gasteiger partial charge in [-0.1, -0.05) is 12.1 Å². The molecule has 1 atom stereocenters. The summed E-state index contributed by atoms with van der Waals surface area (Å²) in [6.45, 7) is 0.567. The summed E-state index contributed by atoms with van der Waals surface area (Å²) in [7, 11) is 5.24. The fourth-order valence-electron chi connectivity index (χ4n) is 2.69. The van der Waals surface area contributed by atoms with Crippen molar-refractivity contribution in [3.8, 4) is 5.75 Å². The molecule has 0 saturated carbocycles. The van der Waals surface area contributed by atoms with E-state index in [1.165, 1.54) is 12.1 Å². The molecule has 0 spiro atoms. The van der Waals surface area contributed by atoms with Gasteiger partial charge in [-0.3, -0.25) is 4.79 Å². The fourth-order valence-corrected chi connectivity index (χ4v) is 2.69. The first-order valence-electron chi connectivity index (χ1n) is 8.44. The predicted octanol–water partition coefficient (Wildman–Crippen LogP) is 3.79. The first kappa shape index (κ1) is 20.9. The summed E-state index contributed by atoms with van der Waals surface area (Å²) in [6, 6.07) is 11.8. The SMILES string of the molecule is COc1ccc(C(=O)CNCC(c2ccc(C(F)(F)F)cc2)N(C)C)cc1. The zero-order chi connectivity index (χ0) is 20.0. The highest BCUT2D eigenvalue weighted by atomic mass is 19.4. The third kappa shape index (κ3) is 5.80. The van der Waals surface area contributed by atoms with Gasteiger partial charge in [-0.2, -0.15) is 13.2 Å². The number of ether oxygens (including phenoxy) is 1. The topological polar surface area (TPSA) is 41.6 Å². The molecule has 146 valence electrons. The zero-order valence-corrected chi connectivity index (χ0v) is 15.5. The Kier molecular flexibility index (Phi) is 6.98. The second kappa shape index (κ2) is 9.01. The Morgan fingerprint density at radius 2 is 1.67 bits per heavy atom. The summed E-state index contributed by atoms with van der Waals surface area (Å²) >= 11 is 0. The molecule has 0 amide bonds. The molecule has 0 fully saturated rings. The second-order valence-electron chi connectivity index (χ2n) is 6.38. The minimum absolute atomic E-state index is 0.0671. The number of rotatable bonds is 8. The number of benzene rings is 2. The lowest BCUT2D eigenvalue weighted by Gasteiger charge is -2.25. The fraction of sp³-hybridized carbons (Fsp3) is 0.350. The van der Waals surface area contributed by atoms with Crippen molar-refractivity contribution in [3.05, 3.63) is 65.2 Å². The molecule has 0 saturated heterocycles. The smallest absolute Gasteiger partial charge is 0.416 e. The molecule has 4 nitrogen and oxygen atoms in total. The summed E-state index contributed by atoms with van der Waals surface area (Å²) in [5, 5.41) is 3.09. The van der Waals surface area contributed by atoms with Crippen molar-refractivity contribution >= 4 is 5.78 Å². The molecule has 27 heavy (non-hydrogen) atoms. The van der Waals surface area contributed by atoms with Crippen molar-refractivity contribution in [3.63, 3.8) is 0 Å². The van der Waals surface area contributed by atoms with Crippen molar-refractivity contribution in [1.82, 2.24) is 10.2 Å². The van der Waals surface area contributed by atoms with Crippen LogP contribution in [-0.2, 0) is 6.18 Å². The van der Waals surface area contributed by atoms with Crippen LogP contribution in [0.25, 0.3) is 0 Å². The molecule has 1 unspecified atom stereocenters. The van der Waals surface area contributed by atoms with Crippen molar-refractivity contribution in [2.45, 2.75) is 12.2 Å². The molecule has 2 aromatic carbocycles. The molecular formula is C20H23F3N2O2. The maximum absolute atomic E-state index is 12.7. The summed E-state index contributed by atoms with van der Waals surface area (Å²) in [6.07, 6.45) is -4.35. The molecule has 0 aliphatic carbocycles. The molecule has 0 bridgehead atoms.